The van der Waals surface area contributed by atoms with E-state index in [0.29, 0.717) is 5.92 Å². The highest BCUT2D eigenvalue weighted by Crippen LogP contribution is 2.27. The first-order valence-electron chi connectivity index (χ1n) is 7.31. The zero-order valence-corrected chi connectivity index (χ0v) is 12.6. The van der Waals surface area contributed by atoms with E-state index in [4.69, 9.17) is 4.74 Å². The van der Waals surface area contributed by atoms with E-state index in [0.717, 1.165) is 49.5 Å². The van der Waals surface area contributed by atoms with Crippen molar-refractivity contribution in [2.75, 3.05) is 33.3 Å². The standard InChI is InChI=1S/C16H24N2O2/c1-12(2)14-11-13(5-6-15(14)20-3)16(19)18-9-4-7-17-8-10-18/h5-6,11-12,17H,4,7-10H2,1-3H3. The van der Waals surface area contributed by atoms with Crippen LogP contribution in [-0.2, 0) is 0 Å². The second kappa shape index (κ2) is 6.75. The third-order valence-corrected chi connectivity index (χ3v) is 3.73. The molecule has 1 aromatic carbocycles. The molecule has 1 saturated heterocycles. The first kappa shape index (κ1) is 14.9. The Kier molecular flexibility index (Phi) is 5.01. The van der Waals surface area contributed by atoms with Gasteiger partial charge in [0.1, 0.15) is 5.75 Å². The number of hydrogen-bond acceptors (Lipinski definition) is 3. The number of benzene rings is 1. The zero-order valence-electron chi connectivity index (χ0n) is 12.6. The number of carbonyl (C=O) groups is 1. The van der Waals surface area contributed by atoms with Crippen molar-refractivity contribution >= 4 is 5.91 Å². The van der Waals surface area contributed by atoms with Crippen molar-refractivity contribution in [3.63, 3.8) is 0 Å². The van der Waals surface area contributed by atoms with Crippen LogP contribution in [0.4, 0.5) is 0 Å². The van der Waals surface area contributed by atoms with Gasteiger partial charge in [-0.15, -0.1) is 0 Å². The molecule has 1 aliphatic rings. The van der Waals surface area contributed by atoms with Crippen LogP contribution < -0.4 is 10.1 Å². The van der Waals surface area contributed by atoms with Crippen molar-refractivity contribution in [2.45, 2.75) is 26.2 Å². The molecule has 0 atom stereocenters. The molecule has 0 radical (unpaired) electrons. The number of ether oxygens (including phenoxy) is 1. The van der Waals surface area contributed by atoms with Gasteiger partial charge in [-0.05, 0) is 42.6 Å². The maximum Gasteiger partial charge on any atom is 0.253 e. The van der Waals surface area contributed by atoms with E-state index in [1.165, 1.54) is 0 Å². The van der Waals surface area contributed by atoms with Gasteiger partial charge < -0.3 is 15.0 Å². The molecule has 2 rings (SSSR count). The molecule has 0 bridgehead atoms. The normalized spacial score (nSPS) is 16.1. The lowest BCUT2D eigenvalue weighted by Gasteiger charge is -2.21. The Bertz CT molecular complexity index is 464. The van der Waals surface area contributed by atoms with Crippen molar-refractivity contribution in [1.82, 2.24) is 10.2 Å². The third kappa shape index (κ3) is 3.31. The molecule has 1 aromatic rings. The van der Waals surface area contributed by atoms with Gasteiger partial charge in [0.15, 0.2) is 0 Å². The van der Waals surface area contributed by atoms with Crippen molar-refractivity contribution < 1.29 is 9.53 Å². The smallest absolute Gasteiger partial charge is 0.253 e. The summed E-state index contributed by atoms with van der Waals surface area (Å²) < 4.78 is 5.37. The van der Waals surface area contributed by atoms with Gasteiger partial charge in [-0.1, -0.05) is 13.8 Å². The predicted molar refractivity (Wildman–Crippen MR) is 80.5 cm³/mol. The number of nitrogens with one attached hydrogen (secondary N) is 1. The van der Waals surface area contributed by atoms with E-state index < -0.39 is 0 Å². The Morgan fingerprint density at radius 3 is 2.80 bits per heavy atom. The fraction of sp³-hybridized carbons (Fsp3) is 0.562. The summed E-state index contributed by atoms with van der Waals surface area (Å²) in [5.41, 5.74) is 1.85. The quantitative estimate of drug-likeness (QED) is 0.920. The minimum atomic E-state index is 0.123. The van der Waals surface area contributed by atoms with E-state index in [9.17, 15) is 4.79 Å². The Hall–Kier alpha value is -1.55. The Labute approximate surface area is 121 Å². The summed E-state index contributed by atoms with van der Waals surface area (Å²) in [7, 11) is 1.67. The number of hydrogen-bond donors (Lipinski definition) is 1. The van der Waals surface area contributed by atoms with Crippen LogP contribution >= 0.6 is 0 Å². The first-order valence-corrected chi connectivity index (χ1v) is 7.31. The SMILES string of the molecule is COc1ccc(C(=O)N2CCCNCC2)cc1C(C)C. The van der Waals surface area contributed by atoms with E-state index in [1.807, 2.05) is 23.1 Å². The van der Waals surface area contributed by atoms with Crippen molar-refractivity contribution in [2.24, 2.45) is 0 Å². The molecule has 110 valence electrons. The van der Waals surface area contributed by atoms with E-state index in [2.05, 4.69) is 19.2 Å². The summed E-state index contributed by atoms with van der Waals surface area (Å²) in [4.78, 5) is 14.5. The lowest BCUT2D eigenvalue weighted by molar-refractivity contribution is 0.0766. The molecule has 1 heterocycles. The van der Waals surface area contributed by atoms with Crippen LogP contribution in [0.25, 0.3) is 0 Å². The van der Waals surface area contributed by atoms with Crippen LogP contribution in [0.5, 0.6) is 5.75 Å². The monoisotopic (exact) mass is 276 g/mol. The summed E-state index contributed by atoms with van der Waals surface area (Å²) in [5.74, 6) is 1.32. The van der Waals surface area contributed by atoms with Gasteiger partial charge in [-0.3, -0.25) is 4.79 Å². The Balaban J connectivity index is 2.23. The minimum absolute atomic E-state index is 0.123. The van der Waals surface area contributed by atoms with Gasteiger partial charge in [0, 0.05) is 25.2 Å². The highest BCUT2D eigenvalue weighted by Gasteiger charge is 2.19. The fourth-order valence-corrected chi connectivity index (χ4v) is 2.55. The predicted octanol–water partition coefficient (Wildman–Crippen LogP) is 2.25. The van der Waals surface area contributed by atoms with Gasteiger partial charge in [-0.25, -0.2) is 0 Å². The number of rotatable bonds is 3. The largest absolute Gasteiger partial charge is 0.496 e. The summed E-state index contributed by atoms with van der Waals surface area (Å²) in [5, 5.41) is 3.32. The van der Waals surface area contributed by atoms with Crippen LogP contribution in [0.15, 0.2) is 18.2 Å². The van der Waals surface area contributed by atoms with Crippen molar-refractivity contribution in [3.8, 4) is 5.75 Å². The first-order chi connectivity index (χ1) is 9.63. The second-order valence-electron chi connectivity index (χ2n) is 5.51. The van der Waals surface area contributed by atoms with Crippen LogP contribution in [0.3, 0.4) is 0 Å². The molecule has 1 aliphatic heterocycles. The minimum Gasteiger partial charge on any atom is -0.496 e. The summed E-state index contributed by atoms with van der Waals surface area (Å²) >= 11 is 0. The Morgan fingerprint density at radius 1 is 1.30 bits per heavy atom. The summed E-state index contributed by atoms with van der Waals surface area (Å²) in [6, 6.07) is 5.74. The van der Waals surface area contributed by atoms with E-state index in [-0.39, 0.29) is 5.91 Å². The van der Waals surface area contributed by atoms with Crippen LogP contribution in [0.1, 0.15) is 42.1 Å². The van der Waals surface area contributed by atoms with Crippen molar-refractivity contribution in [3.05, 3.63) is 29.3 Å². The number of nitrogens with zero attached hydrogens (tertiary/aromatic N) is 1. The highest BCUT2D eigenvalue weighted by atomic mass is 16.5. The van der Waals surface area contributed by atoms with E-state index in [1.54, 1.807) is 7.11 Å². The molecule has 0 aliphatic carbocycles. The maximum atomic E-state index is 12.6. The lowest BCUT2D eigenvalue weighted by Crippen LogP contribution is -2.34. The van der Waals surface area contributed by atoms with Gasteiger partial charge in [0.05, 0.1) is 7.11 Å². The summed E-state index contributed by atoms with van der Waals surface area (Å²) in [6.45, 7) is 7.70. The fourth-order valence-electron chi connectivity index (χ4n) is 2.55. The number of carbonyl (C=O) groups excluding carboxylic acids is 1. The van der Waals surface area contributed by atoms with Gasteiger partial charge in [-0.2, -0.15) is 0 Å². The van der Waals surface area contributed by atoms with Gasteiger partial charge in [0.25, 0.3) is 5.91 Å². The van der Waals surface area contributed by atoms with Crippen LogP contribution in [0, 0.1) is 0 Å². The maximum absolute atomic E-state index is 12.6. The third-order valence-electron chi connectivity index (χ3n) is 3.73. The molecule has 4 heteroatoms. The molecule has 20 heavy (non-hydrogen) atoms. The van der Waals surface area contributed by atoms with Crippen molar-refractivity contribution in [1.29, 1.82) is 0 Å². The molecular formula is C16H24N2O2. The molecule has 1 fully saturated rings. The van der Waals surface area contributed by atoms with E-state index >= 15 is 0 Å². The van der Waals surface area contributed by atoms with Crippen LogP contribution in [0.2, 0.25) is 0 Å². The molecule has 4 nitrogen and oxygen atoms in total. The second-order valence-corrected chi connectivity index (χ2v) is 5.51. The van der Waals surface area contributed by atoms with Gasteiger partial charge >= 0.3 is 0 Å². The van der Waals surface area contributed by atoms with Crippen LogP contribution in [-0.4, -0.2) is 44.1 Å². The number of amides is 1. The molecule has 0 spiro atoms. The molecule has 0 unspecified atom stereocenters. The average Bonchev–Trinajstić information content (AvgIpc) is 2.74. The topological polar surface area (TPSA) is 41.6 Å². The number of methoxy groups -OCH3 is 1. The molecular weight excluding hydrogens is 252 g/mol. The molecule has 1 N–H and O–H groups in total. The molecule has 1 amide bonds. The molecule has 0 saturated carbocycles. The highest BCUT2D eigenvalue weighted by molar-refractivity contribution is 5.94. The summed E-state index contributed by atoms with van der Waals surface area (Å²) in [6.07, 6.45) is 1.01. The molecule has 0 aromatic heterocycles. The van der Waals surface area contributed by atoms with Gasteiger partial charge in [0.2, 0.25) is 0 Å². The Morgan fingerprint density at radius 2 is 2.10 bits per heavy atom. The lowest BCUT2D eigenvalue weighted by atomic mass is 9.99. The zero-order chi connectivity index (χ0) is 14.5. The average molecular weight is 276 g/mol.